The van der Waals surface area contributed by atoms with Gasteiger partial charge >= 0.3 is 0 Å². The number of aliphatic hydroxyl groups is 1. The molecule has 66 valence electrons. The topological polar surface area (TPSA) is 64.7 Å². The second-order valence-corrected chi connectivity index (χ2v) is 2.64. The number of rotatable bonds is 2. The average molecular weight is 161 g/mol. The van der Waals surface area contributed by atoms with E-state index in [0.29, 0.717) is 19.6 Å². The molecule has 4 heteroatoms. The largest absolute Gasteiger partial charge is 0.386 e. The minimum Gasteiger partial charge on any atom is -0.386 e. The fourth-order valence-corrected chi connectivity index (χ4v) is 1.10. The van der Waals surface area contributed by atoms with E-state index in [1.165, 1.54) is 0 Å². The third kappa shape index (κ3) is 2.13. The van der Waals surface area contributed by atoms with Crippen LogP contribution in [0.1, 0.15) is 13.3 Å². The van der Waals surface area contributed by atoms with E-state index < -0.39 is 12.4 Å². The van der Waals surface area contributed by atoms with Gasteiger partial charge in [0.15, 0.2) is 6.29 Å². The molecule has 1 rings (SSSR count). The number of hydrogen-bond donors (Lipinski definition) is 2. The Balaban J connectivity index is 2.38. The first kappa shape index (κ1) is 8.93. The van der Waals surface area contributed by atoms with Crippen LogP contribution in [0.5, 0.6) is 0 Å². The number of hydrogen-bond acceptors (Lipinski definition) is 4. The molecule has 1 heterocycles. The summed E-state index contributed by atoms with van der Waals surface area (Å²) >= 11 is 0. The van der Waals surface area contributed by atoms with Gasteiger partial charge in [-0.15, -0.1) is 0 Å². The minimum absolute atomic E-state index is 0.208. The highest BCUT2D eigenvalue weighted by Crippen LogP contribution is 2.13. The van der Waals surface area contributed by atoms with Crippen LogP contribution in [-0.4, -0.2) is 36.8 Å². The predicted octanol–water partition coefficient (Wildman–Crippen LogP) is -0.542. The molecule has 1 fully saturated rings. The van der Waals surface area contributed by atoms with E-state index in [2.05, 4.69) is 0 Å². The van der Waals surface area contributed by atoms with Crippen LogP contribution in [0, 0.1) is 0 Å². The Labute approximate surface area is 66.3 Å². The number of aliphatic hydroxyl groups excluding tert-OH is 1. The van der Waals surface area contributed by atoms with Crippen molar-refractivity contribution in [1.29, 1.82) is 0 Å². The molecule has 1 aliphatic heterocycles. The second-order valence-electron chi connectivity index (χ2n) is 2.64. The van der Waals surface area contributed by atoms with Crippen LogP contribution >= 0.6 is 0 Å². The van der Waals surface area contributed by atoms with Crippen molar-refractivity contribution in [3.8, 4) is 0 Å². The third-order valence-corrected chi connectivity index (χ3v) is 1.78. The molecule has 4 nitrogen and oxygen atoms in total. The van der Waals surface area contributed by atoms with Crippen molar-refractivity contribution < 1.29 is 14.6 Å². The highest BCUT2D eigenvalue weighted by molar-refractivity contribution is 4.78. The summed E-state index contributed by atoms with van der Waals surface area (Å²) in [4.78, 5) is 0. The molecule has 0 bridgehead atoms. The number of nitrogens with two attached hydrogens (primary N) is 1. The van der Waals surface area contributed by atoms with Crippen LogP contribution in [0.3, 0.4) is 0 Å². The maximum atomic E-state index is 9.39. The molecule has 0 aromatic carbocycles. The van der Waals surface area contributed by atoms with Crippen molar-refractivity contribution in [3.05, 3.63) is 0 Å². The van der Waals surface area contributed by atoms with Gasteiger partial charge in [0.05, 0.1) is 6.61 Å². The smallest absolute Gasteiger partial charge is 0.184 e. The molecule has 0 spiro atoms. The van der Waals surface area contributed by atoms with Crippen molar-refractivity contribution in [2.24, 2.45) is 5.73 Å². The van der Waals surface area contributed by atoms with Crippen molar-refractivity contribution in [2.75, 3.05) is 13.2 Å². The third-order valence-electron chi connectivity index (χ3n) is 1.78. The summed E-state index contributed by atoms with van der Waals surface area (Å²) in [6.07, 6.45) is -0.502. The lowest BCUT2D eigenvalue weighted by molar-refractivity contribution is -0.217. The molecule has 0 aliphatic carbocycles. The lowest BCUT2D eigenvalue weighted by Gasteiger charge is -2.32. The zero-order valence-corrected chi connectivity index (χ0v) is 6.69. The predicted molar refractivity (Wildman–Crippen MR) is 40.0 cm³/mol. The number of ether oxygens (including phenoxy) is 2. The standard InChI is InChI=1S/C7H15NO3/c1-2-10-7-6(9)5(8)3-4-11-7/h5-7,9H,2-4,8H2,1H3. The molecule has 0 aromatic rings. The molecular weight excluding hydrogens is 146 g/mol. The normalized spacial score (nSPS) is 39.0. The first-order valence-corrected chi connectivity index (χ1v) is 3.92. The lowest BCUT2D eigenvalue weighted by atomic mass is 10.1. The summed E-state index contributed by atoms with van der Waals surface area (Å²) in [5.41, 5.74) is 5.59. The Hall–Kier alpha value is -0.160. The molecule has 3 atom stereocenters. The van der Waals surface area contributed by atoms with E-state index in [9.17, 15) is 5.11 Å². The molecule has 11 heavy (non-hydrogen) atoms. The average Bonchev–Trinajstić information content (AvgIpc) is 1.99. The van der Waals surface area contributed by atoms with Crippen LogP contribution in [-0.2, 0) is 9.47 Å². The Morgan fingerprint density at radius 3 is 3.09 bits per heavy atom. The maximum absolute atomic E-state index is 9.39. The first-order valence-electron chi connectivity index (χ1n) is 3.92. The van der Waals surface area contributed by atoms with E-state index in [-0.39, 0.29) is 6.04 Å². The molecule has 1 aliphatic rings. The lowest BCUT2D eigenvalue weighted by Crippen LogP contribution is -2.50. The fourth-order valence-electron chi connectivity index (χ4n) is 1.10. The molecule has 0 radical (unpaired) electrons. The highest BCUT2D eigenvalue weighted by atomic mass is 16.7. The fraction of sp³-hybridized carbons (Fsp3) is 1.00. The zero-order chi connectivity index (χ0) is 8.27. The summed E-state index contributed by atoms with van der Waals surface area (Å²) in [6.45, 7) is 2.97. The Bertz CT molecular complexity index is 118. The van der Waals surface area contributed by atoms with Crippen molar-refractivity contribution in [3.63, 3.8) is 0 Å². The maximum Gasteiger partial charge on any atom is 0.184 e. The van der Waals surface area contributed by atoms with Gasteiger partial charge < -0.3 is 20.3 Å². The molecule has 0 amide bonds. The van der Waals surface area contributed by atoms with Gasteiger partial charge in [0.2, 0.25) is 0 Å². The minimum atomic E-state index is -0.677. The van der Waals surface area contributed by atoms with E-state index in [1.54, 1.807) is 0 Å². The van der Waals surface area contributed by atoms with Gasteiger partial charge in [-0.3, -0.25) is 0 Å². The van der Waals surface area contributed by atoms with Gasteiger partial charge in [0.1, 0.15) is 6.10 Å². The summed E-state index contributed by atoms with van der Waals surface area (Å²) in [5, 5.41) is 9.39. The first-order chi connectivity index (χ1) is 5.25. The van der Waals surface area contributed by atoms with Gasteiger partial charge in [-0.25, -0.2) is 0 Å². The van der Waals surface area contributed by atoms with Gasteiger partial charge in [-0.05, 0) is 13.3 Å². The zero-order valence-electron chi connectivity index (χ0n) is 6.69. The van der Waals surface area contributed by atoms with Crippen LogP contribution < -0.4 is 5.73 Å². The van der Waals surface area contributed by atoms with Crippen LogP contribution in [0.15, 0.2) is 0 Å². The monoisotopic (exact) mass is 161 g/mol. The van der Waals surface area contributed by atoms with E-state index in [4.69, 9.17) is 15.2 Å². The molecule has 3 N–H and O–H groups in total. The molecule has 1 saturated heterocycles. The summed E-state index contributed by atoms with van der Waals surface area (Å²) in [7, 11) is 0. The van der Waals surface area contributed by atoms with Crippen molar-refractivity contribution in [2.45, 2.75) is 31.8 Å². The van der Waals surface area contributed by atoms with E-state index in [1.807, 2.05) is 6.92 Å². The van der Waals surface area contributed by atoms with Crippen LogP contribution in [0.25, 0.3) is 0 Å². The Morgan fingerprint density at radius 2 is 2.45 bits per heavy atom. The van der Waals surface area contributed by atoms with Gasteiger partial charge in [0.25, 0.3) is 0 Å². The van der Waals surface area contributed by atoms with Crippen LogP contribution in [0.4, 0.5) is 0 Å². The van der Waals surface area contributed by atoms with Gasteiger partial charge in [0, 0.05) is 12.6 Å². The van der Waals surface area contributed by atoms with Crippen molar-refractivity contribution >= 4 is 0 Å². The second kappa shape index (κ2) is 4.01. The van der Waals surface area contributed by atoms with Crippen LogP contribution in [0.2, 0.25) is 0 Å². The molecule has 0 saturated carbocycles. The Kier molecular flexibility index (Phi) is 3.26. The van der Waals surface area contributed by atoms with Gasteiger partial charge in [-0.2, -0.15) is 0 Å². The summed E-state index contributed by atoms with van der Waals surface area (Å²) in [5.74, 6) is 0. The molecule has 0 aromatic heterocycles. The highest BCUT2D eigenvalue weighted by Gasteiger charge is 2.30. The molecule has 3 unspecified atom stereocenters. The summed E-state index contributed by atoms with van der Waals surface area (Å²) < 4.78 is 10.3. The van der Waals surface area contributed by atoms with E-state index in [0.717, 1.165) is 0 Å². The SMILES string of the molecule is CCOC1OCCC(N)C1O. The van der Waals surface area contributed by atoms with Crippen molar-refractivity contribution in [1.82, 2.24) is 0 Å². The van der Waals surface area contributed by atoms with E-state index >= 15 is 0 Å². The quantitative estimate of drug-likeness (QED) is 0.570. The Morgan fingerprint density at radius 1 is 1.73 bits per heavy atom. The summed E-state index contributed by atoms with van der Waals surface area (Å²) in [6, 6.07) is -0.208. The van der Waals surface area contributed by atoms with Gasteiger partial charge in [-0.1, -0.05) is 0 Å². The molecular formula is C7H15NO3.